The maximum Gasteiger partial charge on any atom is 0.326 e. The molecule has 0 spiro atoms. The Morgan fingerprint density at radius 2 is 2.50 bits per heavy atom. The highest BCUT2D eigenvalue weighted by Gasteiger charge is 2.33. The Labute approximate surface area is 98.6 Å². The van der Waals surface area contributed by atoms with Gasteiger partial charge in [-0.2, -0.15) is 5.10 Å². The molecule has 1 unspecified atom stereocenters. The zero-order chi connectivity index (χ0) is 12.0. The van der Waals surface area contributed by atoms with E-state index in [0.29, 0.717) is 17.5 Å². The molecule has 0 aliphatic carbocycles. The number of H-pyrrole nitrogens is 1. The van der Waals surface area contributed by atoms with Gasteiger partial charge in [-0.3, -0.25) is 9.89 Å². The number of hydrogen-bond donors (Lipinski definition) is 2. The van der Waals surface area contributed by atoms with Crippen LogP contribution in [0.2, 0.25) is 0 Å². The van der Waals surface area contributed by atoms with Gasteiger partial charge in [-0.1, -0.05) is 11.8 Å². The van der Waals surface area contributed by atoms with E-state index >= 15 is 0 Å². The molecule has 1 heterocycles. The molecule has 0 saturated heterocycles. The molecular weight excluding hydrogens is 228 g/mol. The Kier molecular flexibility index (Phi) is 4.75. The highest BCUT2D eigenvalue weighted by Crippen LogP contribution is 2.19. The van der Waals surface area contributed by atoms with Crippen LogP contribution in [0, 0.1) is 0 Å². The van der Waals surface area contributed by atoms with Crippen molar-refractivity contribution in [3.05, 3.63) is 6.33 Å². The van der Waals surface area contributed by atoms with E-state index in [-0.39, 0.29) is 5.97 Å². The van der Waals surface area contributed by atoms with Crippen LogP contribution in [0.25, 0.3) is 0 Å². The van der Waals surface area contributed by atoms with Gasteiger partial charge in [-0.25, -0.2) is 4.98 Å². The van der Waals surface area contributed by atoms with Crippen molar-refractivity contribution >= 4 is 17.7 Å². The Hall–Kier alpha value is -1.08. The van der Waals surface area contributed by atoms with Crippen LogP contribution < -0.4 is 5.32 Å². The van der Waals surface area contributed by atoms with E-state index in [1.165, 1.54) is 18.1 Å². The van der Waals surface area contributed by atoms with Gasteiger partial charge < -0.3 is 10.1 Å². The molecule has 1 aromatic rings. The van der Waals surface area contributed by atoms with Crippen molar-refractivity contribution in [2.75, 3.05) is 19.4 Å². The van der Waals surface area contributed by atoms with Crippen LogP contribution in [0.3, 0.4) is 0 Å². The molecule has 0 aliphatic heterocycles. The third-order valence-corrected chi connectivity index (χ3v) is 3.36. The van der Waals surface area contributed by atoms with Crippen molar-refractivity contribution in [2.45, 2.75) is 24.5 Å². The standard InChI is InChI=1S/C9H16N4O2S/c1-4-15-7(14)9(2,10-3)5-16-8-11-6-12-13-8/h6,10H,4-5H2,1-3H3,(H,11,12,13). The molecule has 7 heteroatoms. The molecule has 0 radical (unpaired) electrons. The van der Waals surface area contributed by atoms with Crippen molar-refractivity contribution in [2.24, 2.45) is 0 Å². The summed E-state index contributed by atoms with van der Waals surface area (Å²) in [4.78, 5) is 15.7. The van der Waals surface area contributed by atoms with Gasteiger partial charge in [0.25, 0.3) is 0 Å². The normalized spacial score (nSPS) is 14.4. The average molecular weight is 244 g/mol. The zero-order valence-corrected chi connectivity index (χ0v) is 10.4. The second kappa shape index (κ2) is 5.86. The third-order valence-electron chi connectivity index (χ3n) is 2.17. The van der Waals surface area contributed by atoms with E-state index in [2.05, 4.69) is 20.5 Å². The largest absolute Gasteiger partial charge is 0.465 e. The van der Waals surface area contributed by atoms with Crippen LogP contribution in [0.4, 0.5) is 0 Å². The lowest BCUT2D eigenvalue weighted by molar-refractivity contribution is -0.149. The van der Waals surface area contributed by atoms with E-state index in [0.717, 1.165) is 0 Å². The molecule has 0 saturated carbocycles. The topological polar surface area (TPSA) is 79.9 Å². The molecule has 0 fully saturated rings. The first-order chi connectivity index (χ1) is 7.62. The van der Waals surface area contributed by atoms with Crippen LogP contribution in [0.15, 0.2) is 11.5 Å². The fraction of sp³-hybridized carbons (Fsp3) is 0.667. The van der Waals surface area contributed by atoms with Crippen LogP contribution in [0.1, 0.15) is 13.8 Å². The predicted molar refractivity (Wildman–Crippen MR) is 61.2 cm³/mol. The van der Waals surface area contributed by atoms with E-state index in [1.54, 1.807) is 20.9 Å². The van der Waals surface area contributed by atoms with Gasteiger partial charge in [0.1, 0.15) is 11.9 Å². The monoisotopic (exact) mass is 244 g/mol. The summed E-state index contributed by atoms with van der Waals surface area (Å²) in [5.41, 5.74) is -0.715. The number of ether oxygens (including phenoxy) is 1. The van der Waals surface area contributed by atoms with Gasteiger partial charge in [-0.15, -0.1) is 0 Å². The van der Waals surface area contributed by atoms with Crippen LogP contribution in [-0.2, 0) is 9.53 Å². The van der Waals surface area contributed by atoms with Gasteiger partial charge >= 0.3 is 5.97 Å². The van der Waals surface area contributed by atoms with Crippen LogP contribution >= 0.6 is 11.8 Å². The fourth-order valence-corrected chi connectivity index (χ4v) is 1.93. The van der Waals surface area contributed by atoms with Gasteiger partial charge in [0, 0.05) is 5.75 Å². The summed E-state index contributed by atoms with van der Waals surface area (Å²) in [6, 6.07) is 0. The number of nitrogens with one attached hydrogen (secondary N) is 2. The number of likely N-dealkylation sites (N-methyl/N-ethyl adjacent to an activating group) is 1. The minimum Gasteiger partial charge on any atom is -0.465 e. The zero-order valence-electron chi connectivity index (χ0n) is 9.61. The Morgan fingerprint density at radius 3 is 3.00 bits per heavy atom. The number of rotatable bonds is 6. The summed E-state index contributed by atoms with van der Waals surface area (Å²) in [6.45, 7) is 3.97. The SMILES string of the molecule is CCOC(=O)C(C)(CSc1ncn[nH]1)NC. The van der Waals surface area contributed by atoms with Crippen molar-refractivity contribution in [3.8, 4) is 0 Å². The average Bonchev–Trinajstić information content (AvgIpc) is 2.79. The minimum absolute atomic E-state index is 0.260. The molecule has 0 aliphatic rings. The van der Waals surface area contributed by atoms with E-state index in [9.17, 15) is 4.79 Å². The van der Waals surface area contributed by atoms with E-state index < -0.39 is 5.54 Å². The maximum atomic E-state index is 11.7. The van der Waals surface area contributed by atoms with Crippen molar-refractivity contribution in [1.29, 1.82) is 0 Å². The second-order valence-electron chi connectivity index (χ2n) is 3.38. The molecular formula is C9H16N4O2S. The fourth-order valence-electron chi connectivity index (χ4n) is 1.00. The molecule has 1 aromatic heterocycles. The molecule has 16 heavy (non-hydrogen) atoms. The van der Waals surface area contributed by atoms with Crippen LogP contribution in [0.5, 0.6) is 0 Å². The Morgan fingerprint density at radius 1 is 1.75 bits per heavy atom. The number of nitrogens with zero attached hydrogens (tertiary/aromatic N) is 2. The van der Waals surface area contributed by atoms with Crippen molar-refractivity contribution < 1.29 is 9.53 Å². The molecule has 0 aromatic carbocycles. The number of aromatic amines is 1. The lowest BCUT2D eigenvalue weighted by Gasteiger charge is -2.25. The lowest BCUT2D eigenvalue weighted by atomic mass is 10.1. The highest BCUT2D eigenvalue weighted by atomic mass is 32.2. The first-order valence-electron chi connectivity index (χ1n) is 4.96. The van der Waals surface area contributed by atoms with Crippen LogP contribution in [-0.4, -0.2) is 46.1 Å². The van der Waals surface area contributed by atoms with Crippen molar-refractivity contribution in [3.63, 3.8) is 0 Å². The molecule has 1 rings (SSSR count). The summed E-state index contributed by atoms with van der Waals surface area (Å²) in [7, 11) is 1.73. The number of aromatic nitrogens is 3. The quantitative estimate of drug-likeness (QED) is 0.558. The Balaban J connectivity index is 2.56. The molecule has 1 atom stereocenters. The van der Waals surface area contributed by atoms with Gasteiger partial charge in [-0.05, 0) is 20.9 Å². The number of carbonyl (C=O) groups excluding carboxylic acids is 1. The first kappa shape index (κ1) is 13.0. The summed E-state index contributed by atoms with van der Waals surface area (Å²) in [5.74, 6) is 0.266. The van der Waals surface area contributed by atoms with E-state index in [4.69, 9.17) is 4.74 Å². The third kappa shape index (κ3) is 3.21. The molecule has 0 amide bonds. The Bertz CT molecular complexity index is 330. The molecule has 0 bridgehead atoms. The summed E-state index contributed by atoms with van der Waals surface area (Å²) >= 11 is 1.42. The van der Waals surface area contributed by atoms with E-state index in [1.807, 2.05) is 0 Å². The minimum atomic E-state index is -0.715. The molecule has 2 N–H and O–H groups in total. The number of carbonyl (C=O) groups is 1. The number of thioether (sulfide) groups is 1. The summed E-state index contributed by atoms with van der Waals surface area (Å²) in [5, 5.41) is 10.1. The van der Waals surface area contributed by atoms with Crippen molar-refractivity contribution in [1.82, 2.24) is 20.5 Å². The predicted octanol–water partition coefficient (Wildman–Crippen LogP) is 0.438. The number of hydrogen-bond acceptors (Lipinski definition) is 6. The van der Waals surface area contributed by atoms with Gasteiger partial charge in [0.15, 0.2) is 5.16 Å². The highest BCUT2D eigenvalue weighted by molar-refractivity contribution is 7.99. The first-order valence-corrected chi connectivity index (χ1v) is 5.95. The number of esters is 1. The second-order valence-corrected chi connectivity index (χ2v) is 4.35. The lowest BCUT2D eigenvalue weighted by Crippen LogP contribution is -2.50. The van der Waals surface area contributed by atoms with Gasteiger partial charge in [0.2, 0.25) is 0 Å². The molecule has 90 valence electrons. The maximum absolute atomic E-state index is 11.7. The smallest absolute Gasteiger partial charge is 0.326 e. The summed E-state index contributed by atoms with van der Waals surface area (Å²) in [6.07, 6.45) is 1.43. The molecule has 6 nitrogen and oxygen atoms in total. The summed E-state index contributed by atoms with van der Waals surface area (Å²) < 4.78 is 5.01. The van der Waals surface area contributed by atoms with Gasteiger partial charge in [0.05, 0.1) is 6.61 Å².